The van der Waals surface area contributed by atoms with E-state index in [1.165, 1.54) is 18.6 Å². The zero-order chi connectivity index (χ0) is 12.0. The highest BCUT2D eigenvalue weighted by Crippen LogP contribution is 2.32. The van der Waals surface area contributed by atoms with Gasteiger partial charge in [-0.15, -0.1) is 0 Å². The molecule has 1 unspecified atom stereocenters. The van der Waals surface area contributed by atoms with E-state index >= 15 is 0 Å². The summed E-state index contributed by atoms with van der Waals surface area (Å²) in [4.78, 5) is 0. The first kappa shape index (κ1) is 14.3. The van der Waals surface area contributed by atoms with Crippen molar-refractivity contribution in [2.75, 3.05) is 29.6 Å². The molecule has 0 aromatic heterocycles. The Kier molecular flexibility index (Phi) is 6.15. The topological polar surface area (TPSA) is 46.2 Å². The Morgan fingerprint density at radius 1 is 1.44 bits per heavy atom. The molecule has 0 heterocycles. The third-order valence-corrected chi connectivity index (χ3v) is 5.82. The number of sulfone groups is 1. The van der Waals surface area contributed by atoms with Crippen LogP contribution in [0.2, 0.25) is 0 Å². The Labute approximate surface area is 104 Å². The quantitative estimate of drug-likeness (QED) is 0.642. The van der Waals surface area contributed by atoms with E-state index in [2.05, 4.69) is 5.32 Å². The average molecular weight is 265 g/mol. The van der Waals surface area contributed by atoms with Crippen LogP contribution in [0.3, 0.4) is 0 Å². The maximum absolute atomic E-state index is 11.4. The summed E-state index contributed by atoms with van der Waals surface area (Å²) in [5, 5.41) is 3.27. The van der Waals surface area contributed by atoms with Crippen molar-refractivity contribution in [2.24, 2.45) is 5.92 Å². The van der Waals surface area contributed by atoms with Crippen LogP contribution in [0.15, 0.2) is 0 Å². The molecular weight excluding hydrogens is 242 g/mol. The van der Waals surface area contributed by atoms with E-state index in [0.717, 1.165) is 18.2 Å². The second kappa shape index (κ2) is 6.87. The van der Waals surface area contributed by atoms with Gasteiger partial charge >= 0.3 is 0 Å². The molecule has 16 heavy (non-hydrogen) atoms. The Hall–Kier alpha value is 0.260. The van der Waals surface area contributed by atoms with Crippen LogP contribution in [0.25, 0.3) is 0 Å². The number of thioether (sulfide) groups is 1. The molecule has 0 aromatic carbocycles. The number of rotatable bonds is 9. The van der Waals surface area contributed by atoms with Crippen LogP contribution in [0.5, 0.6) is 0 Å². The number of nitrogens with one attached hydrogen (secondary N) is 1. The zero-order valence-electron chi connectivity index (χ0n) is 10.2. The predicted molar refractivity (Wildman–Crippen MR) is 71.8 cm³/mol. The van der Waals surface area contributed by atoms with Crippen molar-refractivity contribution in [3.63, 3.8) is 0 Å². The maximum Gasteiger partial charge on any atom is 0.151 e. The van der Waals surface area contributed by atoms with Gasteiger partial charge in [0.1, 0.15) is 0 Å². The van der Waals surface area contributed by atoms with E-state index in [0.29, 0.717) is 0 Å². The molecule has 1 rings (SSSR count). The molecule has 0 saturated heterocycles. The van der Waals surface area contributed by atoms with Crippen LogP contribution in [0, 0.1) is 5.92 Å². The first-order valence-corrected chi connectivity index (χ1v) is 9.02. The van der Waals surface area contributed by atoms with Gasteiger partial charge in [-0.2, -0.15) is 11.8 Å². The molecule has 1 aliphatic rings. The van der Waals surface area contributed by atoms with Gasteiger partial charge in [0.15, 0.2) is 9.84 Å². The number of hydrogen-bond donors (Lipinski definition) is 1. The van der Waals surface area contributed by atoms with E-state index in [1.807, 2.05) is 18.7 Å². The Morgan fingerprint density at radius 2 is 2.12 bits per heavy atom. The lowest BCUT2D eigenvalue weighted by Gasteiger charge is -2.13. The SMILES string of the molecule is CCS(=O)(=O)CC(C)NCCSCC1CC1. The van der Waals surface area contributed by atoms with E-state index in [9.17, 15) is 8.42 Å². The third-order valence-electron chi connectivity index (χ3n) is 2.73. The summed E-state index contributed by atoms with van der Waals surface area (Å²) < 4.78 is 22.7. The minimum Gasteiger partial charge on any atom is -0.312 e. The van der Waals surface area contributed by atoms with Gasteiger partial charge < -0.3 is 5.32 Å². The summed E-state index contributed by atoms with van der Waals surface area (Å²) in [6, 6.07) is 0.0754. The zero-order valence-corrected chi connectivity index (χ0v) is 11.9. The summed E-state index contributed by atoms with van der Waals surface area (Å²) >= 11 is 1.98. The van der Waals surface area contributed by atoms with Gasteiger partial charge in [0.2, 0.25) is 0 Å². The molecule has 1 saturated carbocycles. The van der Waals surface area contributed by atoms with Crippen molar-refractivity contribution < 1.29 is 8.42 Å². The molecule has 0 amide bonds. The Balaban J connectivity index is 1.98. The molecule has 1 fully saturated rings. The molecule has 1 atom stereocenters. The van der Waals surface area contributed by atoms with Crippen molar-refractivity contribution in [3.8, 4) is 0 Å². The molecular formula is C11H23NO2S2. The van der Waals surface area contributed by atoms with Crippen LogP contribution in [-0.2, 0) is 9.84 Å². The lowest BCUT2D eigenvalue weighted by Crippen LogP contribution is -2.35. The largest absolute Gasteiger partial charge is 0.312 e. The van der Waals surface area contributed by atoms with Crippen molar-refractivity contribution in [3.05, 3.63) is 0 Å². The Bertz CT molecular complexity index is 286. The van der Waals surface area contributed by atoms with Crippen LogP contribution in [0.4, 0.5) is 0 Å². The van der Waals surface area contributed by atoms with Crippen molar-refractivity contribution in [1.82, 2.24) is 5.32 Å². The molecule has 1 aliphatic carbocycles. The number of hydrogen-bond acceptors (Lipinski definition) is 4. The summed E-state index contributed by atoms with van der Waals surface area (Å²) in [5.74, 6) is 3.85. The molecule has 3 nitrogen and oxygen atoms in total. The first-order valence-electron chi connectivity index (χ1n) is 6.05. The van der Waals surface area contributed by atoms with Crippen LogP contribution >= 0.6 is 11.8 Å². The second-order valence-electron chi connectivity index (χ2n) is 4.57. The van der Waals surface area contributed by atoms with E-state index in [-0.39, 0.29) is 17.5 Å². The highest BCUT2D eigenvalue weighted by atomic mass is 32.2. The predicted octanol–water partition coefficient (Wildman–Crippen LogP) is 1.54. The van der Waals surface area contributed by atoms with Gasteiger partial charge in [-0.3, -0.25) is 0 Å². The van der Waals surface area contributed by atoms with Gasteiger partial charge in [-0.1, -0.05) is 6.92 Å². The molecule has 0 aromatic rings. The van der Waals surface area contributed by atoms with E-state index in [1.54, 1.807) is 6.92 Å². The molecule has 0 radical (unpaired) electrons. The van der Waals surface area contributed by atoms with Crippen LogP contribution in [-0.4, -0.2) is 44.0 Å². The van der Waals surface area contributed by atoms with Crippen LogP contribution in [0.1, 0.15) is 26.7 Å². The van der Waals surface area contributed by atoms with E-state index < -0.39 is 9.84 Å². The average Bonchev–Trinajstić information content (AvgIpc) is 3.00. The molecule has 0 aliphatic heterocycles. The third kappa shape index (κ3) is 6.76. The highest BCUT2D eigenvalue weighted by Gasteiger charge is 2.20. The van der Waals surface area contributed by atoms with Crippen LogP contribution < -0.4 is 5.32 Å². The fraction of sp³-hybridized carbons (Fsp3) is 1.00. The maximum atomic E-state index is 11.4. The van der Waals surface area contributed by atoms with Gasteiger partial charge in [-0.25, -0.2) is 8.42 Å². The summed E-state index contributed by atoms with van der Waals surface area (Å²) in [6.45, 7) is 4.56. The summed E-state index contributed by atoms with van der Waals surface area (Å²) in [7, 11) is -2.83. The lowest BCUT2D eigenvalue weighted by atomic mass is 10.4. The smallest absolute Gasteiger partial charge is 0.151 e. The van der Waals surface area contributed by atoms with Crippen molar-refractivity contribution >= 4 is 21.6 Å². The standard InChI is InChI=1S/C11H23NO2S2/c1-3-16(13,14)9-10(2)12-6-7-15-8-11-4-5-11/h10-12H,3-9H2,1-2H3. The van der Waals surface area contributed by atoms with Gasteiger partial charge in [0.05, 0.1) is 5.75 Å². The van der Waals surface area contributed by atoms with Crippen molar-refractivity contribution in [1.29, 1.82) is 0 Å². The molecule has 1 N–H and O–H groups in total. The second-order valence-corrected chi connectivity index (χ2v) is 8.12. The summed E-state index contributed by atoms with van der Waals surface area (Å²) in [6.07, 6.45) is 2.82. The molecule has 0 bridgehead atoms. The minimum atomic E-state index is -2.83. The van der Waals surface area contributed by atoms with Crippen molar-refractivity contribution in [2.45, 2.75) is 32.7 Å². The minimum absolute atomic E-state index is 0.0754. The van der Waals surface area contributed by atoms with Gasteiger partial charge in [0.25, 0.3) is 0 Å². The van der Waals surface area contributed by atoms with E-state index in [4.69, 9.17) is 0 Å². The van der Waals surface area contributed by atoms with Gasteiger partial charge in [-0.05, 0) is 31.4 Å². The molecule has 96 valence electrons. The normalized spacial score (nSPS) is 18.6. The Morgan fingerprint density at radius 3 is 2.69 bits per heavy atom. The highest BCUT2D eigenvalue weighted by molar-refractivity contribution is 7.99. The fourth-order valence-corrected chi connectivity index (χ4v) is 3.68. The van der Waals surface area contributed by atoms with Gasteiger partial charge in [0, 0.05) is 24.1 Å². The lowest BCUT2D eigenvalue weighted by molar-refractivity contribution is 0.568. The molecule has 5 heteroatoms. The first-order chi connectivity index (χ1) is 7.53. The fourth-order valence-electron chi connectivity index (χ4n) is 1.47. The monoisotopic (exact) mass is 265 g/mol. The molecule has 0 spiro atoms. The summed E-state index contributed by atoms with van der Waals surface area (Å²) in [5.41, 5.74) is 0.